The summed E-state index contributed by atoms with van der Waals surface area (Å²) in [4.78, 5) is 20.0. The molecule has 2 rings (SSSR count). The van der Waals surface area contributed by atoms with Gasteiger partial charge in [-0.1, -0.05) is 0 Å². The second kappa shape index (κ2) is 6.85. The van der Waals surface area contributed by atoms with Crippen molar-refractivity contribution in [3.05, 3.63) is 11.9 Å². The third-order valence-corrected chi connectivity index (χ3v) is 3.16. The van der Waals surface area contributed by atoms with Crippen LogP contribution in [0.4, 0.5) is 0 Å². The molecule has 0 aromatic carbocycles. The lowest BCUT2D eigenvalue weighted by Crippen LogP contribution is -2.29. The molecule has 0 spiro atoms. The van der Waals surface area contributed by atoms with Crippen molar-refractivity contribution in [3.63, 3.8) is 0 Å². The van der Waals surface area contributed by atoms with Gasteiger partial charge < -0.3 is 14.8 Å². The molecular formula is C14H17N5O3. The minimum atomic E-state index is -0.424. The summed E-state index contributed by atoms with van der Waals surface area (Å²) < 4.78 is 10.0. The highest BCUT2D eigenvalue weighted by Crippen LogP contribution is 2.36. The van der Waals surface area contributed by atoms with Crippen LogP contribution in [0.2, 0.25) is 0 Å². The summed E-state index contributed by atoms with van der Waals surface area (Å²) in [6.45, 7) is 0.402. The van der Waals surface area contributed by atoms with Crippen LogP contribution in [-0.4, -0.2) is 42.3 Å². The van der Waals surface area contributed by atoms with Crippen molar-refractivity contribution in [1.82, 2.24) is 15.3 Å². The van der Waals surface area contributed by atoms with E-state index in [1.54, 1.807) is 0 Å². The topological polar surface area (TPSA) is 98.1 Å². The maximum absolute atomic E-state index is 12.1. The predicted molar refractivity (Wildman–Crippen MR) is 77.7 cm³/mol. The number of terminal acetylenes is 1. The quantitative estimate of drug-likeness (QED) is 0.727. The van der Waals surface area contributed by atoms with E-state index in [0.717, 1.165) is 0 Å². The maximum atomic E-state index is 12.1. The van der Waals surface area contributed by atoms with Crippen LogP contribution >= 0.6 is 0 Å². The summed E-state index contributed by atoms with van der Waals surface area (Å²) >= 11 is 0. The van der Waals surface area contributed by atoms with E-state index in [4.69, 9.17) is 15.9 Å². The van der Waals surface area contributed by atoms with Gasteiger partial charge in [0.25, 0.3) is 5.91 Å². The Bertz CT molecular complexity index is 595. The molecule has 1 aromatic rings. The largest absolute Gasteiger partial charge is 0.481 e. The molecule has 0 bridgehead atoms. The average molecular weight is 303 g/mol. The molecule has 0 saturated carbocycles. The van der Waals surface area contributed by atoms with Crippen LogP contribution < -0.4 is 14.8 Å². The molecule has 0 atom stereocenters. The average Bonchev–Trinajstić information content (AvgIpc) is 3.32. The van der Waals surface area contributed by atoms with Crippen molar-refractivity contribution in [1.29, 1.82) is 0 Å². The van der Waals surface area contributed by atoms with E-state index in [0.29, 0.717) is 25.8 Å². The van der Waals surface area contributed by atoms with Gasteiger partial charge in [0.1, 0.15) is 0 Å². The molecule has 0 saturated heterocycles. The Labute approximate surface area is 128 Å². The van der Waals surface area contributed by atoms with Crippen LogP contribution in [0.3, 0.4) is 0 Å². The van der Waals surface area contributed by atoms with Crippen LogP contribution in [-0.2, 0) is 0 Å². The number of methoxy groups -OCH3 is 2. The number of carbonyl (C=O) groups excluding carboxylic acids is 1. The second-order valence-corrected chi connectivity index (χ2v) is 4.67. The first kappa shape index (κ1) is 15.7. The molecular weight excluding hydrogens is 286 g/mol. The van der Waals surface area contributed by atoms with Crippen molar-refractivity contribution >= 4 is 5.91 Å². The van der Waals surface area contributed by atoms with Crippen LogP contribution in [0.25, 0.3) is 0 Å². The van der Waals surface area contributed by atoms with E-state index in [1.165, 1.54) is 20.3 Å². The van der Waals surface area contributed by atoms with E-state index in [-0.39, 0.29) is 17.6 Å². The van der Waals surface area contributed by atoms with E-state index < -0.39 is 11.6 Å². The van der Waals surface area contributed by atoms with E-state index >= 15 is 0 Å². The fraction of sp³-hybridized carbons (Fsp3) is 0.500. The molecule has 116 valence electrons. The first-order valence-corrected chi connectivity index (χ1v) is 6.75. The summed E-state index contributed by atoms with van der Waals surface area (Å²) in [5.74, 6) is 2.65. The summed E-state index contributed by atoms with van der Waals surface area (Å²) in [6, 6.07) is 1.49. The Hall–Kier alpha value is -2.69. The predicted octanol–water partition coefficient (Wildman–Crippen LogP) is 1.19. The molecule has 8 nitrogen and oxygen atoms in total. The minimum Gasteiger partial charge on any atom is -0.481 e. The van der Waals surface area contributed by atoms with Crippen molar-refractivity contribution in [2.24, 2.45) is 10.2 Å². The van der Waals surface area contributed by atoms with Crippen molar-refractivity contribution in [3.8, 4) is 24.1 Å². The third kappa shape index (κ3) is 3.91. The summed E-state index contributed by atoms with van der Waals surface area (Å²) in [7, 11) is 2.91. The van der Waals surface area contributed by atoms with Crippen LogP contribution in [0, 0.1) is 12.3 Å². The smallest absolute Gasteiger partial charge is 0.289 e. The third-order valence-electron chi connectivity index (χ3n) is 3.16. The summed E-state index contributed by atoms with van der Waals surface area (Å²) in [6.07, 6.45) is 7.13. The van der Waals surface area contributed by atoms with Gasteiger partial charge in [0.2, 0.25) is 17.6 Å². The summed E-state index contributed by atoms with van der Waals surface area (Å²) in [5, 5.41) is 10.7. The van der Waals surface area contributed by atoms with Crippen LogP contribution in [0.1, 0.15) is 29.9 Å². The van der Waals surface area contributed by atoms with Crippen molar-refractivity contribution in [2.45, 2.75) is 24.9 Å². The zero-order valence-corrected chi connectivity index (χ0v) is 12.5. The molecule has 0 aliphatic carbocycles. The molecule has 1 aromatic heterocycles. The van der Waals surface area contributed by atoms with Gasteiger partial charge in [-0.15, -0.1) is 12.3 Å². The number of ether oxygens (including phenoxy) is 2. The highest BCUT2D eigenvalue weighted by atomic mass is 16.5. The van der Waals surface area contributed by atoms with Gasteiger partial charge in [-0.3, -0.25) is 4.79 Å². The van der Waals surface area contributed by atoms with E-state index in [1.807, 2.05) is 0 Å². The number of nitrogens with one attached hydrogen (secondary N) is 1. The molecule has 0 unspecified atom stereocenters. The van der Waals surface area contributed by atoms with Gasteiger partial charge in [-0.05, 0) is 0 Å². The highest BCUT2D eigenvalue weighted by molar-refractivity contribution is 5.90. The standard InChI is InChI=1S/C14H17N5O3/c1-4-5-6-14(18-19-14)7-8-15-13(20)12-16-10(21-2)9-11(17-12)22-3/h1,9H,5-8H2,2-3H3,(H,15,20). The molecule has 1 aliphatic rings. The van der Waals surface area contributed by atoms with Gasteiger partial charge in [0.05, 0.1) is 20.3 Å². The maximum Gasteiger partial charge on any atom is 0.289 e. The normalized spacial score (nSPS) is 14.0. The highest BCUT2D eigenvalue weighted by Gasteiger charge is 2.38. The number of rotatable bonds is 8. The molecule has 22 heavy (non-hydrogen) atoms. The number of amides is 1. The second-order valence-electron chi connectivity index (χ2n) is 4.67. The zero-order valence-electron chi connectivity index (χ0n) is 12.5. The molecule has 2 heterocycles. The zero-order chi connectivity index (χ0) is 16.0. The van der Waals surface area contributed by atoms with Gasteiger partial charge in [-0.2, -0.15) is 20.2 Å². The van der Waals surface area contributed by atoms with Crippen molar-refractivity contribution < 1.29 is 14.3 Å². The number of carbonyl (C=O) groups is 1. The monoisotopic (exact) mass is 303 g/mol. The Balaban J connectivity index is 1.89. The SMILES string of the molecule is C#CCCC1(CCNC(=O)c2nc(OC)cc(OC)n2)N=N1. The number of hydrogen-bond donors (Lipinski definition) is 1. The van der Waals surface area contributed by atoms with Gasteiger partial charge in [0, 0.05) is 25.8 Å². The van der Waals surface area contributed by atoms with Crippen LogP contribution in [0.5, 0.6) is 11.8 Å². The van der Waals surface area contributed by atoms with Gasteiger partial charge >= 0.3 is 0 Å². The molecule has 8 heteroatoms. The lowest BCUT2D eigenvalue weighted by Gasteiger charge is -2.10. The van der Waals surface area contributed by atoms with Gasteiger partial charge in [0.15, 0.2) is 5.66 Å². The fourth-order valence-corrected chi connectivity index (χ4v) is 1.84. The van der Waals surface area contributed by atoms with Gasteiger partial charge in [-0.25, -0.2) is 0 Å². The summed E-state index contributed by atoms with van der Waals surface area (Å²) in [5.41, 5.74) is -0.424. The van der Waals surface area contributed by atoms with E-state index in [2.05, 4.69) is 31.4 Å². The molecule has 0 fully saturated rings. The molecule has 1 aliphatic heterocycles. The Morgan fingerprint density at radius 3 is 2.41 bits per heavy atom. The Morgan fingerprint density at radius 1 is 1.27 bits per heavy atom. The first-order valence-electron chi connectivity index (χ1n) is 6.75. The molecule has 1 N–H and O–H groups in total. The lowest BCUT2D eigenvalue weighted by molar-refractivity contribution is 0.0939. The minimum absolute atomic E-state index is 0.0152. The number of nitrogens with zero attached hydrogens (tertiary/aromatic N) is 4. The number of aromatic nitrogens is 2. The van der Waals surface area contributed by atoms with Crippen molar-refractivity contribution in [2.75, 3.05) is 20.8 Å². The fourth-order valence-electron chi connectivity index (χ4n) is 1.84. The Morgan fingerprint density at radius 2 is 1.91 bits per heavy atom. The van der Waals surface area contributed by atoms with Crippen LogP contribution in [0.15, 0.2) is 16.3 Å². The molecule has 0 radical (unpaired) electrons. The van der Waals surface area contributed by atoms with E-state index in [9.17, 15) is 4.79 Å². The first-order chi connectivity index (χ1) is 10.6. The lowest BCUT2D eigenvalue weighted by atomic mass is 10.0. The molecule has 1 amide bonds. The Kier molecular flexibility index (Phi) is 4.88. The number of hydrogen-bond acceptors (Lipinski definition) is 7.